The highest BCUT2D eigenvalue weighted by Gasteiger charge is 1.93. The Hall–Kier alpha value is -2.17. The van der Waals surface area contributed by atoms with E-state index >= 15 is 0 Å². The van der Waals surface area contributed by atoms with E-state index in [2.05, 4.69) is 20.9 Å². The van der Waals surface area contributed by atoms with Gasteiger partial charge in [-0.05, 0) is 17.3 Å². The van der Waals surface area contributed by atoms with Crippen LogP contribution in [-0.4, -0.2) is 15.4 Å². The summed E-state index contributed by atoms with van der Waals surface area (Å²) in [6.07, 6.45) is 1.53. The van der Waals surface area contributed by atoms with Crippen LogP contribution in [0.15, 0.2) is 42.6 Å². The molecular weight excluding hydrogens is 180 g/mol. The Morgan fingerprint density at radius 1 is 1.07 bits per heavy atom. The summed E-state index contributed by atoms with van der Waals surface area (Å²) in [5, 5.41) is 10.7. The summed E-state index contributed by atoms with van der Waals surface area (Å²) in [6, 6.07) is 11.0. The number of nitrogens with zero attached hydrogens (tertiary/aromatic N) is 3. The van der Waals surface area contributed by atoms with Crippen molar-refractivity contribution >= 4 is 5.82 Å². The molecule has 0 spiro atoms. The smallest absolute Gasteiger partial charge is 0.185 e. The highest BCUT2D eigenvalue weighted by molar-refractivity contribution is 5.30. The largest absolute Gasteiger partial charge is 0.381 e. The molecule has 2 rings (SSSR count). The maximum Gasteiger partial charge on any atom is 0.185 e. The van der Waals surface area contributed by atoms with Crippen LogP contribution in [0.1, 0.15) is 0 Å². The second-order valence-electron chi connectivity index (χ2n) is 2.52. The molecule has 2 aromatic rings. The van der Waals surface area contributed by atoms with Gasteiger partial charge in [0.2, 0.25) is 0 Å². The van der Waals surface area contributed by atoms with Crippen LogP contribution >= 0.6 is 0 Å². The topological polar surface area (TPSA) is 59.9 Å². The molecule has 1 aromatic carbocycles. The molecule has 1 N–H and O–H groups in total. The summed E-state index contributed by atoms with van der Waals surface area (Å²) in [5.74, 6) is 1.23. The van der Waals surface area contributed by atoms with Gasteiger partial charge in [-0.1, -0.05) is 18.2 Å². The molecule has 5 nitrogen and oxygen atoms in total. The van der Waals surface area contributed by atoms with Crippen LogP contribution in [-0.2, 0) is 0 Å². The van der Waals surface area contributed by atoms with E-state index in [9.17, 15) is 0 Å². The highest BCUT2D eigenvalue weighted by atomic mass is 16.6. The Labute approximate surface area is 80.7 Å². The molecule has 70 valence electrons. The van der Waals surface area contributed by atoms with Crippen LogP contribution in [0.2, 0.25) is 0 Å². The fourth-order valence-corrected chi connectivity index (χ4v) is 0.895. The average Bonchev–Trinajstić information content (AvgIpc) is 2.29. The van der Waals surface area contributed by atoms with Crippen molar-refractivity contribution < 1.29 is 4.84 Å². The fourth-order valence-electron chi connectivity index (χ4n) is 0.895. The molecule has 0 radical (unpaired) electrons. The molecule has 0 saturated carbocycles. The number of hydrogen-bond donors (Lipinski definition) is 1. The van der Waals surface area contributed by atoms with Crippen LogP contribution in [0.25, 0.3) is 0 Å². The lowest BCUT2D eigenvalue weighted by Gasteiger charge is -2.04. The minimum absolute atomic E-state index is 0.517. The first-order valence-corrected chi connectivity index (χ1v) is 4.07. The lowest BCUT2D eigenvalue weighted by molar-refractivity contribution is 0.400. The lowest BCUT2D eigenvalue weighted by atomic mass is 10.3. The normalized spacial score (nSPS) is 9.43. The average molecular weight is 188 g/mol. The Morgan fingerprint density at radius 2 is 1.93 bits per heavy atom. The van der Waals surface area contributed by atoms with E-state index in [0.29, 0.717) is 11.6 Å². The van der Waals surface area contributed by atoms with Gasteiger partial charge in [-0.15, -0.1) is 10.2 Å². The predicted octanol–water partition coefficient (Wildman–Crippen LogP) is 1.28. The number of hydrogen-bond acceptors (Lipinski definition) is 5. The Kier molecular flexibility index (Phi) is 2.51. The van der Waals surface area contributed by atoms with E-state index in [0.717, 1.165) is 0 Å². The molecule has 0 aliphatic carbocycles. The van der Waals surface area contributed by atoms with Gasteiger partial charge in [0.05, 0.1) is 6.20 Å². The summed E-state index contributed by atoms with van der Waals surface area (Å²) < 4.78 is 0. The van der Waals surface area contributed by atoms with Crippen molar-refractivity contribution in [3.63, 3.8) is 0 Å². The van der Waals surface area contributed by atoms with E-state index in [-0.39, 0.29) is 0 Å². The molecule has 5 heteroatoms. The lowest BCUT2D eigenvalue weighted by Crippen LogP contribution is -2.06. The highest BCUT2D eigenvalue weighted by Crippen LogP contribution is 2.08. The van der Waals surface area contributed by atoms with Crippen molar-refractivity contribution in [1.29, 1.82) is 0 Å². The molecule has 0 atom stereocenters. The number of anilines is 1. The third-order valence-corrected chi connectivity index (χ3v) is 1.52. The van der Waals surface area contributed by atoms with Gasteiger partial charge in [-0.25, -0.2) is 5.48 Å². The Morgan fingerprint density at radius 3 is 2.64 bits per heavy atom. The first kappa shape index (κ1) is 8.43. The summed E-state index contributed by atoms with van der Waals surface area (Å²) in [6.45, 7) is 0. The molecule has 0 amide bonds. The van der Waals surface area contributed by atoms with Crippen LogP contribution in [0.5, 0.6) is 5.75 Å². The minimum Gasteiger partial charge on any atom is -0.381 e. The van der Waals surface area contributed by atoms with Crippen molar-refractivity contribution in [1.82, 2.24) is 15.4 Å². The number of aromatic nitrogens is 3. The quantitative estimate of drug-likeness (QED) is 0.735. The van der Waals surface area contributed by atoms with Gasteiger partial charge in [0.1, 0.15) is 0 Å². The molecule has 0 aliphatic heterocycles. The van der Waals surface area contributed by atoms with Crippen LogP contribution in [0.4, 0.5) is 5.82 Å². The number of nitrogens with one attached hydrogen (secondary N) is 1. The second-order valence-corrected chi connectivity index (χ2v) is 2.52. The summed E-state index contributed by atoms with van der Waals surface area (Å²) in [5.41, 5.74) is 2.65. The van der Waals surface area contributed by atoms with Crippen molar-refractivity contribution in [2.45, 2.75) is 0 Å². The summed E-state index contributed by atoms with van der Waals surface area (Å²) in [4.78, 5) is 5.21. The number of para-hydroxylation sites is 1. The van der Waals surface area contributed by atoms with Gasteiger partial charge in [-0.3, -0.25) is 0 Å². The number of rotatable bonds is 3. The van der Waals surface area contributed by atoms with Crippen molar-refractivity contribution in [2.24, 2.45) is 0 Å². The second kappa shape index (κ2) is 4.18. The fraction of sp³-hybridized carbons (Fsp3) is 0. The standard InChI is InChI=1S/C9H8N4O/c1-2-4-8(5-3-1)14-12-9-6-7-10-13-11-9/h1-7H,(H,10,11,12). The molecule has 0 bridgehead atoms. The molecule has 0 aliphatic rings. The van der Waals surface area contributed by atoms with E-state index in [1.165, 1.54) is 6.20 Å². The molecule has 0 saturated heterocycles. The van der Waals surface area contributed by atoms with E-state index in [1.54, 1.807) is 6.07 Å². The van der Waals surface area contributed by atoms with Crippen molar-refractivity contribution in [3.8, 4) is 5.75 Å². The summed E-state index contributed by atoms with van der Waals surface area (Å²) >= 11 is 0. The van der Waals surface area contributed by atoms with E-state index < -0.39 is 0 Å². The Bertz CT molecular complexity index is 339. The Balaban J connectivity index is 1.96. The zero-order valence-corrected chi connectivity index (χ0v) is 7.29. The molecule has 0 fully saturated rings. The maximum absolute atomic E-state index is 5.21. The molecule has 1 heterocycles. The number of benzene rings is 1. The first-order chi connectivity index (χ1) is 6.95. The third kappa shape index (κ3) is 2.16. The van der Waals surface area contributed by atoms with Crippen LogP contribution in [0.3, 0.4) is 0 Å². The van der Waals surface area contributed by atoms with Crippen LogP contribution < -0.4 is 10.3 Å². The maximum atomic E-state index is 5.21. The van der Waals surface area contributed by atoms with Gasteiger partial charge in [0.15, 0.2) is 11.6 Å². The molecule has 1 aromatic heterocycles. The van der Waals surface area contributed by atoms with Gasteiger partial charge >= 0.3 is 0 Å². The third-order valence-electron chi connectivity index (χ3n) is 1.52. The molecule has 14 heavy (non-hydrogen) atoms. The van der Waals surface area contributed by atoms with Gasteiger partial charge in [0, 0.05) is 6.07 Å². The van der Waals surface area contributed by atoms with Gasteiger partial charge < -0.3 is 4.84 Å². The SMILES string of the molecule is c1ccc(ONc2ccnnn2)cc1. The van der Waals surface area contributed by atoms with E-state index in [1.807, 2.05) is 30.3 Å². The molecular formula is C9H8N4O. The zero-order chi connectivity index (χ0) is 9.64. The monoisotopic (exact) mass is 188 g/mol. The first-order valence-electron chi connectivity index (χ1n) is 4.07. The van der Waals surface area contributed by atoms with Crippen molar-refractivity contribution in [2.75, 3.05) is 5.48 Å². The van der Waals surface area contributed by atoms with Crippen molar-refractivity contribution in [3.05, 3.63) is 42.6 Å². The van der Waals surface area contributed by atoms with Crippen LogP contribution in [0, 0.1) is 0 Å². The predicted molar refractivity (Wildman–Crippen MR) is 50.5 cm³/mol. The zero-order valence-electron chi connectivity index (χ0n) is 7.29. The molecule has 0 unspecified atom stereocenters. The van der Waals surface area contributed by atoms with E-state index in [4.69, 9.17) is 4.84 Å². The van der Waals surface area contributed by atoms with Gasteiger partial charge in [-0.2, -0.15) is 0 Å². The van der Waals surface area contributed by atoms with Gasteiger partial charge in [0.25, 0.3) is 0 Å². The summed E-state index contributed by atoms with van der Waals surface area (Å²) in [7, 11) is 0. The minimum atomic E-state index is 0.517.